The Bertz CT molecular complexity index is 565. The minimum Gasteiger partial charge on any atom is -0.508 e. The fraction of sp³-hybridized carbons (Fsp3) is 0.294. The maximum Gasteiger partial charge on any atom is 0.119 e. The van der Waals surface area contributed by atoms with Crippen LogP contribution in [0.1, 0.15) is 31.9 Å². The van der Waals surface area contributed by atoms with Gasteiger partial charge < -0.3 is 10.4 Å². The van der Waals surface area contributed by atoms with Crippen molar-refractivity contribution in [2.24, 2.45) is 0 Å². The Kier molecular flexibility index (Phi) is 3.52. The molecule has 2 nitrogen and oxygen atoms in total. The summed E-state index contributed by atoms with van der Waals surface area (Å²) < 4.78 is 0. The first-order valence-electron chi connectivity index (χ1n) is 6.53. The smallest absolute Gasteiger partial charge is 0.119 e. The highest BCUT2D eigenvalue weighted by molar-refractivity contribution is 5.62. The van der Waals surface area contributed by atoms with Gasteiger partial charge in [-0.15, -0.1) is 0 Å². The van der Waals surface area contributed by atoms with E-state index in [0.29, 0.717) is 5.75 Å². The number of hydrogen-bond acceptors (Lipinski definition) is 2. The zero-order valence-electron chi connectivity index (χ0n) is 12.0. The van der Waals surface area contributed by atoms with Crippen LogP contribution in [0, 0.1) is 6.92 Å². The normalized spacial score (nSPS) is 11.4. The molecule has 0 aromatic heterocycles. The molecule has 100 valence electrons. The van der Waals surface area contributed by atoms with Crippen LogP contribution in [0.15, 0.2) is 42.5 Å². The molecule has 0 unspecified atom stereocenters. The first kappa shape index (κ1) is 13.5. The van der Waals surface area contributed by atoms with Crippen LogP contribution in [0.5, 0.6) is 5.75 Å². The van der Waals surface area contributed by atoms with Crippen molar-refractivity contribution < 1.29 is 5.11 Å². The van der Waals surface area contributed by atoms with E-state index in [1.165, 1.54) is 5.56 Å². The van der Waals surface area contributed by atoms with Gasteiger partial charge in [-0.1, -0.05) is 38.5 Å². The zero-order valence-corrected chi connectivity index (χ0v) is 12.0. The lowest BCUT2D eigenvalue weighted by Gasteiger charge is -2.21. The largest absolute Gasteiger partial charge is 0.508 e. The minimum atomic E-state index is -0.0744. The van der Waals surface area contributed by atoms with Gasteiger partial charge in [0.1, 0.15) is 5.75 Å². The molecule has 0 atom stereocenters. The molecule has 0 saturated carbocycles. The van der Waals surface area contributed by atoms with Gasteiger partial charge in [-0.2, -0.15) is 0 Å². The van der Waals surface area contributed by atoms with E-state index in [2.05, 4.69) is 57.3 Å². The van der Waals surface area contributed by atoms with Gasteiger partial charge in [0.2, 0.25) is 0 Å². The molecule has 0 radical (unpaired) electrons. The maximum atomic E-state index is 9.95. The first-order valence-corrected chi connectivity index (χ1v) is 6.53. The third-order valence-electron chi connectivity index (χ3n) is 3.14. The molecule has 0 aliphatic heterocycles. The molecule has 2 aromatic carbocycles. The highest BCUT2D eigenvalue weighted by Gasteiger charge is 2.18. The first-order chi connectivity index (χ1) is 8.86. The molecular formula is C17H21NO. The van der Waals surface area contributed by atoms with E-state index in [9.17, 15) is 5.11 Å². The lowest BCUT2D eigenvalue weighted by molar-refractivity contribution is 0.447. The van der Waals surface area contributed by atoms with Crippen LogP contribution < -0.4 is 5.32 Å². The Morgan fingerprint density at radius 3 is 2.05 bits per heavy atom. The van der Waals surface area contributed by atoms with Crippen molar-refractivity contribution in [1.82, 2.24) is 0 Å². The van der Waals surface area contributed by atoms with E-state index in [1.54, 1.807) is 6.07 Å². The fourth-order valence-electron chi connectivity index (χ4n) is 2.02. The number of aromatic hydroxyl groups is 1. The molecule has 2 rings (SSSR count). The van der Waals surface area contributed by atoms with Crippen molar-refractivity contribution >= 4 is 11.4 Å². The summed E-state index contributed by atoms with van der Waals surface area (Å²) in [5.74, 6) is 0.349. The third-order valence-corrected chi connectivity index (χ3v) is 3.14. The third kappa shape index (κ3) is 3.28. The van der Waals surface area contributed by atoms with E-state index in [-0.39, 0.29) is 5.41 Å². The summed E-state index contributed by atoms with van der Waals surface area (Å²) in [5, 5.41) is 13.3. The second-order valence-electron chi connectivity index (χ2n) is 5.97. The number of benzene rings is 2. The Morgan fingerprint density at radius 2 is 1.47 bits per heavy atom. The second-order valence-corrected chi connectivity index (χ2v) is 5.97. The van der Waals surface area contributed by atoms with Gasteiger partial charge >= 0.3 is 0 Å². The molecule has 0 bridgehead atoms. The van der Waals surface area contributed by atoms with Crippen LogP contribution in [0.4, 0.5) is 11.4 Å². The summed E-state index contributed by atoms with van der Waals surface area (Å²) in [4.78, 5) is 0. The van der Waals surface area contributed by atoms with Gasteiger partial charge in [0.15, 0.2) is 0 Å². The van der Waals surface area contributed by atoms with Crippen LogP contribution in [0.2, 0.25) is 0 Å². The molecule has 0 heterocycles. The average molecular weight is 255 g/mol. The predicted molar refractivity (Wildman–Crippen MR) is 81.3 cm³/mol. The summed E-state index contributed by atoms with van der Waals surface area (Å²) in [6.07, 6.45) is 0. The Balaban J connectivity index is 2.29. The number of rotatable bonds is 2. The van der Waals surface area contributed by atoms with Crippen LogP contribution in [0.3, 0.4) is 0 Å². The molecule has 2 heteroatoms. The highest BCUT2D eigenvalue weighted by atomic mass is 16.3. The minimum absolute atomic E-state index is 0.0744. The zero-order chi connectivity index (χ0) is 14.0. The molecule has 0 aliphatic rings. The number of phenols is 1. The average Bonchev–Trinajstić information content (AvgIpc) is 2.33. The van der Waals surface area contributed by atoms with E-state index in [0.717, 1.165) is 16.9 Å². The number of nitrogens with one attached hydrogen (secondary N) is 1. The Labute approximate surface area is 115 Å². The molecule has 0 fully saturated rings. The van der Waals surface area contributed by atoms with Gasteiger partial charge in [0.25, 0.3) is 0 Å². The van der Waals surface area contributed by atoms with Crippen LogP contribution >= 0.6 is 0 Å². The van der Waals surface area contributed by atoms with Gasteiger partial charge in [-0.3, -0.25) is 0 Å². The Morgan fingerprint density at radius 1 is 0.895 bits per heavy atom. The number of aryl methyl sites for hydroxylation is 1. The van der Waals surface area contributed by atoms with Crippen LogP contribution in [-0.4, -0.2) is 5.11 Å². The monoisotopic (exact) mass is 255 g/mol. The van der Waals surface area contributed by atoms with Crippen molar-refractivity contribution in [3.63, 3.8) is 0 Å². The molecule has 0 saturated heterocycles. The molecule has 2 aromatic rings. The van der Waals surface area contributed by atoms with Gasteiger partial charge in [-0.25, -0.2) is 0 Å². The molecule has 19 heavy (non-hydrogen) atoms. The van der Waals surface area contributed by atoms with Crippen LogP contribution in [0.25, 0.3) is 0 Å². The van der Waals surface area contributed by atoms with E-state index < -0.39 is 0 Å². The number of hydrogen-bond donors (Lipinski definition) is 2. The van der Waals surface area contributed by atoms with Gasteiger partial charge in [0.05, 0.1) is 0 Å². The molecule has 0 aliphatic carbocycles. The maximum absolute atomic E-state index is 9.95. The summed E-state index contributed by atoms with van der Waals surface area (Å²) in [7, 11) is 0. The lowest BCUT2D eigenvalue weighted by Crippen LogP contribution is -2.11. The summed E-state index contributed by atoms with van der Waals surface area (Å²) in [6, 6.07) is 13.9. The van der Waals surface area contributed by atoms with Crippen molar-refractivity contribution in [2.45, 2.75) is 33.1 Å². The molecule has 0 amide bonds. The molecule has 2 N–H and O–H groups in total. The van der Waals surface area contributed by atoms with Crippen molar-refractivity contribution in [3.8, 4) is 5.75 Å². The van der Waals surface area contributed by atoms with Crippen molar-refractivity contribution in [1.29, 1.82) is 0 Å². The summed E-state index contributed by atoms with van der Waals surface area (Å²) in [5.41, 5.74) is 4.16. The highest BCUT2D eigenvalue weighted by Crippen LogP contribution is 2.33. The number of phenolic OH excluding ortho intramolecular Hbond substituents is 1. The fourth-order valence-corrected chi connectivity index (χ4v) is 2.02. The van der Waals surface area contributed by atoms with Crippen molar-refractivity contribution in [2.75, 3.05) is 5.32 Å². The summed E-state index contributed by atoms with van der Waals surface area (Å²) >= 11 is 0. The lowest BCUT2D eigenvalue weighted by atomic mass is 9.86. The SMILES string of the molecule is Cc1ccc(Nc2ccc(O)c(C(C)(C)C)c2)cc1. The topological polar surface area (TPSA) is 32.3 Å². The second kappa shape index (κ2) is 4.96. The quantitative estimate of drug-likeness (QED) is 0.759. The number of anilines is 2. The summed E-state index contributed by atoms with van der Waals surface area (Å²) in [6.45, 7) is 8.36. The molecule has 0 spiro atoms. The van der Waals surface area contributed by atoms with E-state index >= 15 is 0 Å². The van der Waals surface area contributed by atoms with Gasteiger partial charge in [-0.05, 0) is 42.7 Å². The van der Waals surface area contributed by atoms with Crippen LogP contribution in [-0.2, 0) is 5.41 Å². The predicted octanol–water partition coefficient (Wildman–Crippen LogP) is 4.74. The Hall–Kier alpha value is -1.96. The standard InChI is InChI=1S/C17H21NO/c1-12-5-7-13(8-6-12)18-14-9-10-16(19)15(11-14)17(2,3)4/h5-11,18-19H,1-4H3. The van der Waals surface area contributed by atoms with Gasteiger partial charge in [0, 0.05) is 16.9 Å². The van der Waals surface area contributed by atoms with Crippen molar-refractivity contribution in [3.05, 3.63) is 53.6 Å². The van der Waals surface area contributed by atoms with E-state index in [1.807, 2.05) is 12.1 Å². The van der Waals surface area contributed by atoms with E-state index in [4.69, 9.17) is 0 Å². The molecular weight excluding hydrogens is 234 g/mol.